The molecule has 5 heteroatoms. The number of ether oxygens (including phenoxy) is 1. The first-order chi connectivity index (χ1) is 8.63. The maximum Gasteiger partial charge on any atom is 0.232 e. The number of halogens is 1. The van der Waals surface area contributed by atoms with E-state index in [1.54, 1.807) is 13.0 Å². The molecule has 1 aromatic heterocycles. The Morgan fingerprint density at radius 1 is 1.28 bits per heavy atom. The normalized spacial score (nSPS) is 9.89. The Bertz CT molecular complexity index is 635. The second kappa shape index (κ2) is 4.80. The molecule has 0 unspecified atom stereocenters. The molecule has 1 aromatic carbocycles. The van der Waals surface area contributed by atoms with Crippen molar-refractivity contribution in [2.75, 3.05) is 7.11 Å². The van der Waals surface area contributed by atoms with Crippen molar-refractivity contribution in [1.82, 2.24) is 9.97 Å². The predicted octanol–water partition coefficient (Wildman–Crippen LogP) is 2.47. The molecule has 0 aliphatic carbocycles. The topological polar surface area (TPSA) is 58.8 Å². The van der Waals surface area contributed by atoms with Gasteiger partial charge in [-0.05, 0) is 31.2 Å². The van der Waals surface area contributed by atoms with E-state index < -0.39 is 0 Å². The van der Waals surface area contributed by atoms with Crippen LogP contribution in [-0.2, 0) is 0 Å². The summed E-state index contributed by atoms with van der Waals surface area (Å²) >= 11 is 0. The molecule has 0 fully saturated rings. The monoisotopic (exact) mass is 243 g/mol. The smallest absolute Gasteiger partial charge is 0.232 e. The number of aromatic nitrogens is 2. The van der Waals surface area contributed by atoms with Crippen molar-refractivity contribution in [2.45, 2.75) is 6.92 Å². The van der Waals surface area contributed by atoms with Gasteiger partial charge in [0.1, 0.15) is 17.6 Å². The third-order valence-corrected chi connectivity index (χ3v) is 2.39. The van der Waals surface area contributed by atoms with Crippen LogP contribution in [0.25, 0.3) is 11.3 Å². The maximum atomic E-state index is 13.3. The molecule has 1 heterocycles. The van der Waals surface area contributed by atoms with Gasteiger partial charge in [-0.2, -0.15) is 5.26 Å². The minimum atomic E-state index is -0.388. The van der Waals surface area contributed by atoms with Gasteiger partial charge < -0.3 is 4.74 Å². The number of rotatable bonds is 2. The number of nitrogens with zero attached hydrogens (tertiary/aromatic N) is 3. The Kier molecular flexibility index (Phi) is 3.20. The Hall–Kier alpha value is -2.48. The molecule has 4 nitrogen and oxygen atoms in total. The molecule has 90 valence electrons. The zero-order valence-corrected chi connectivity index (χ0v) is 9.94. The van der Waals surface area contributed by atoms with Crippen LogP contribution in [0.15, 0.2) is 24.3 Å². The lowest BCUT2D eigenvalue weighted by Gasteiger charge is -2.08. The molecule has 0 aliphatic rings. The summed E-state index contributed by atoms with van der Waals surface area (Å²) < 4.78 is 18.4. The van der Waals surface area contributed by atoms with Gasteiger partial charge in [0.15, 0.2) is 0 Å². The summed E-state index contributed by atoms with van der Waals surface area (Å²) in [6.45, 7) is 1.75. The van der Waals surface area contributed by atoms with Gasteiger partial charge in [0.05, 0.1) is 12.8 Å². The largest absolute Gasteiger partial charge is 0.496 e. The number of hydrogen-bond donors (Lipinski definition) is 0. The summed E-state index contributed by atoms with van der Waals surface area (Å²) in [7, 11) is 1.50. The van der Waals surface area contributed by atoms with Crippen LogP contribution in [0.5, 0.6) is 5.75 Å². The third-order valence-electron chi connectivity index (χ3n) is 2.39. The quantitative estimate of drug-likeness (QED) is 0.813. The lowest BCUT2D eigenvalue weighted by atomic mass is 10.1. The fourth-order valence-electron chi connectivity index (χ4n) is 1.64. The van der Waals surface area contributed by atoms with Crippen LogP contribution in [0.4, 0.5) is 4.39 Å². The first kappa shape index (κ1) is 12.0. The van der Waals surface area contributed by atoms with Gasteiger partial charge in [-0.25, -0.2) is 14.4 Å². The second-order valence-corrected chi connectivity index (χ2v) is 3.67. The highest BCUT2D eigenvalue weighted by atomic mass is 19.1. The molecule has 0 aliphatic heterocycles. The Morgan fingerprint density at radius 3 is 2.72 bits per heavy atom. The van der Waals surface area contributed by atoms with Crippen LogP contribution in [0.3, 0.4) is 0 Å². The van der Waals surface area contributed by atoms with Crippen molar-refractivity contribution in [3.05, 3.63) is 41.6 Å². The van der Waals surface area contributed by atoms with Gasteiger partial charge in [-0.15, -0.1) is 0 Å². The minimum absolute atomic E-state index is 0.0521. The lowest BCUT2D eigenvalue weighted by Crippen LogP contribution is -1.97. The van der Waals surface area contributed by atoms with Crippen LogP contribution in [0.2, 0.25) is 0 Å². The maximum absolute atomic E-state index is 13.3. The molecule has 0 amide bonds. The lowest BCUT2D eigenvalue weighted by molar-refractivity contribution is 0.415. The van der Waals surface area contributed by atoms with Crippen molar-refractivity contribution < 1.29 is 9.13 Å². The number of nitriles is 1. The van der Waals surface area contributed by atoms with Gasteiger partial charge in [-0.3, -0.25) is 0 Å². The van der Waals surface area contributed by atoms with Crippen LogP contribution >= 0.6 is 0 Å². The van der Waals surface area contributed by atoms with Crippen molar-refractivity contribution in [3.63, 3.8) is 0 Å². The first-order valence-electron chi connectivity index (χ1n) is 5.23. The molecule has 0 radical (unpaired) electrons. The van der Waals surface area contributed by atoms with Crippen molar-refractivity contribution in [1.29, 1.82) is 5.26 Å². The fraction of sp³-hybridized carbons (Fsp3) is 0.154. The van der Waals surface area contributed by atoms with Crippen molar-refractivity contribution >= 4 is 0 Å². The van der Waals surface area contributed by atoms with E-state index in [2.05, 4.69) is 9.97 Å². The van der Waals surface area contributed by atoms with E-state index in [4.69, 9.17) is 10.00 Å². The minimum Gasteiger partial charge on any atom is -0.496 e. The average Bonchev–Trinajstić information content (AvgIpc) is 2.38. The van der Waals surface area contributed by atoms with E-state index in [9.17, 15) is 4.39 Å². The molecule has 0 bridgehead atoms. The van der Waals surface area contributed by atoms with Crippen LogP contribution in [-0.4, -0.2) is 17.1 Å². The van der Waals surface area contributed by atoms with Gasteiger partial charge in [0, 0.05) is 11.3 Å². The Morgan fingerprint density at radius 2 is 2.06 bits per heavy atom. The molecule has 2 rings (SSSR count). The van der Waals surface area contributed by atoms with E-state index in [1.807, 2.05) is 6.07 Å². The third kappa shape index (κ3) is 2.28. The predicted molar refractivity (Wildman–Crippen MR) is 63.4 cm³/mol. The first-order valence-corrected chi connectivity index (χ1v) is 5.23. The second-order valence-electron chi connectivity index (χ2n) is 3.67. The van der Waals surface area contributed by atoms with E-state index in [1.165, 1.54) is 25.3 Å². The summed E-state index contributed by atoms with van der Waals surface area (Å²) in [4.78, 5) is 8.00. The highest BCUT2D eigenvalue weighted by Crippen LogP contribution is 2.29. The van der Waals surface area contributed by atoms with Gasteiger partial charge in [0.2, 0.25) is 5.82 Å². The highest BCUT2D eigenvalue weighted by molar-refractivity contribution is 5.67. The van der Waals surface area contributed by atoms with E-state index in [-0.39, 0.29) is 11.6 Å². The fourth-order valence-corrected chi connectivity index (χ4v) is 1.64. The van der Waals surface area contributed by atoms with E-state index >= 15 is 0 Å². The van der Waals surface area contributed by atoms with E-state index in [0.717, 1.165) is 0 Å². The zero-order chi connectivity index (χ0) is 13.1. The van der Waals surface area contributed by atoms with Gasteiger partial charge >= 0.3 is 0 Å². The van der Waals surface area contributed by atoms with Crippen LogP contribution < -0.4 is 4.74 Å². The molecule has 2 aromatic rings. The van der Waals surface area contributed by atoms with E-state index in [0.29, 0.717) is 22.7 Å². The molecule has 0 saturated heterocycles. The number of aryl methyl sites for hydroxylation is 1. The molecule has 0 atom stereocenters. The molecule has 0 spiro atoms. The zero-order valence-electron chi connectivity index (χ0n) is 9.94. The standard InChI is InChI=1S/C13H10FN3O/c1-8-5-11(17-13(7-15)16-8)10-6-9(14)3-4-12(10)18-2/h3-6H,1-2H3. The van der Waals surface area contributed by atoms with Crippen molar-refractivity contribution in [3.8, 4) is 23.1 Å². The van der Waals surface area contributed by atoms with Crippen LogP contribution in [0, 0.1) is 24.1 Å². The van der Waals surface area contributed by atoms with Crippen LogP contribution in [0.1, 0.15) is 11.5 Å². The summed E-state index contributed by atoms with van der Waals surface area (Å²) in [6, 6.07) is 7.70. The Balaban J connectivity index is 2.65. The summed E-state index contributed by atoms with van der Waals surface area (Å²) in [5.74, 6) is 0.162. The number of hydrogen-bond acceptors (Lipinski definition) is 4. The molecule has 0 N–H and O–H groups in total. The summed E-state index contributed by atoms with van der Waals surface area (Å²) in [5.41, 5.74) is 1.61. The highest BCUT2D eigenvalue weighted by Gasteiger charge is 2.11. The Labute approximate surface area is 104 Å². The number of methoxy groups -OCH3 is 1. The van der Waals surface area contributed by atoms with Gasteiger partial charge in [-0.1, -0.05) is 0 Å². The summed E-state index contributed by atoms with van der Waals surface area (Å²) in [5, 5.41) is 8.83. The average molecular weight is 243 g/mol. The molecule has 18 heavy (non-hydrogen) atoms. The van der Waals surface area contributed by atoms with Gasteiger partial charge in [0.25, 0.3) is 0 Å². The number of benzene rings is 1. The molecule has 0 saturated carbocycles. The molecular weight excluding hydrogens is 233 g/mol. The SMILES string of the molecule is COc1ccc(F)cc1-c1cc(C)nc(C#N)n1. The summed E-state index contributed by atoms with van der Waals surface area (Å²) in [6.07, 6.45) is 0. The van der Waals surface area contributed by atoms with Crippen molar-refractivity contribution in [2.24, 2.45) is 0 Å². The molecular formula is C13H10FN3O.